The number of aromatic hydroxyl groups is 1. The molecule has 1 aromatic carbocycles. The number of thioether (sulfide) groups is 1. The van der Waals surface area contributed by atoms with Crippen LogP contribution in [0.15, 0.2) is 18.2 Å². The maximum absolute atomic E-state index is 13.2. The molecule has 2 N–H and O–H groups in total. The zero-order valence-corrected chi connectivity index (χ0v) is 12.2. The van der Waals surface area contributed by atoms with Gasteiger partial charge in [-0.15, -0.1) is 0 Å². The SMILES string of the molecule is Oc1ccc(F)cc1CNC1CCOC2(CCSC2)C1. The number of phenolic OH excluding ortho intramolecular Hbond substituents is 1. The lowest BCUT2D eigenvalue weighted by molar-refractivity contribution is -0.0703. The van der Waals surface area contributed by atoms with Crippen LogP contribution in [0.3, 0.4) is 0 Å². The summed E-state index contributed by atoms with van der Waals surface area (Å²) in [7, 11) is 0. The monoisotopic (exact) mass is 297 g/mol. The largest absolute Gasteiger partial charge is 0.508 e. The van der Waals surface area contributed by atoms with Gasteiger partial charge in [0.05, 0.1) is 5.60 Å². The third-order valence-electron chi connectivity index (χ3n) is 4.18. The minimum atomic E-state index is -0.310. The van der Waals surface area contributed by atoms with Gasteiger partial charge in [0.25, 0.3) is 0 Å². The van der Waals surface area contributed by atoms with Gasteiger partial charge in [0.1, 0.15) is 11.6 Å². The Morgan fingerprint density at radius 3 is 3.20 bits per heavy atom. The predicted molar refractivity (Wildman–Crippen MR) is 78.6 cm³/mol. The van der Waals surface area contributed by atoms with Crippen LogP contribution >= 0.6 is 11.8 Å². The van der Waals surface area contributed by atoms with Crippen LogP contribution in [0, 0.1) is 5.82 Å². The zero-order valence-electron chi connectivity index (χ0n) is 11.4. The lowest BCUT2D eigenvalue weighted by atomic mass is 9.90. The molecule has 2 saturated heterocycles. The van der Waals surface area contributed by atoms with Crippen molar-refractivity contribution in [2.45, 2.75) is 37.5 Å². The summed E-state index contributed by atoms with van der Waals surface area (Å²) >= 11 is 1.96. The van der Waals surface area contributed by atoms with Gasteiger partial charge in [-0.05, 0) is 43.2 Å². The van der Waals surface area contributed by atoms with Gasteiger partial charge in [-0.2, -0.15) is 11.8 Å². The summed E-state index contributed by atoms with van der Waals surface area (Å²) in [6.07, 6.45) is 3.11. The Morgan fingerprint density at radius 1 is 1.50 bits per heavy atom. The molecule has 110 valence electrons. The maximum atomic E-state index is 13.2. The lowest BCUT2D eigenvalue weighted by Crippen LogP contribution is -2.47. The average Bonchev–Trinajstić information content (AvgIpc) is 2.88. The maximum Gasteiger partial charge on any atom is 0.123 e. The van der Waals surface area contributed by atoms with Crippen molar-refractivity contribution in [2.24, 2.45) is 0 Å². The molecule has 2 fully saturated rings. The van der Waals surface area contributed by atoms with Crippen molar-refractivity contribution < 1.29 is 14.2 Å². The second-order valence-electron chi connectivity index (χ2n) is 5.68. The van der Waals surface area contributed by atoms with E-state index in [4.69, 9.17) is 4.74 Å². The number of ether oxygens (including phenoxy) is 1. The fraction of sp³-hybridized carbons (Fsp3) is 0.600. The lowest BCUT2D eigenvalue weighted by Gasteiger charge is -2.38. The highest BCUT2D eigenvalue weighted by atomic mass is 32.2. The summed E-state index contributed by atoms with van der Waals surface area (Å²) in [5.74, 6) is 2.10. The Hall–Kier alpha value is -0.780. The average molecular weight is 297 g/mol. The van der Waals surface area contributed by atoms with Crippen molar-refractivity contribution in [3.05, 3.63) is 29.6 Å². The second kappa shape index (κ2) is 5.92. The molecule has 2 aliphatic rings. The van der Waals surface area contributed by atoms with Crippen LogP contribution in [-0.2, 0) is 11.3 Å². The van der Waals surface area contributed by atoms with Crippen LogP contribution in [0.1, 0.15) is 24.8 Å². The standard InChI is InChI=1S/C15H20FNO2S/c16-12-1-2-14(18)11(7-12)9-17-13-3-5-19-15(8-13)4-6-20-10-15/h1-2,7,13,17-18H,3-6,8-10H2. The number of halogens is 1. The minimum Gasteiger partial charge on any atom is -0.508 e. The highest BCUT2D eigenvalue weighted by Gasteiger charge is 2.40. The van der Waals surface area contributed by atoms with Gasteiger partial charge in [-0.25, -0.2) is 4.39 Å². The van der Waals surface area contributed by atoms with Crippen LogP contribution in [0.5, 0.6) is 5.75 Å². The molecular formula is C15H20FNO2S. The van der Waals surface area contributed by atoms with Gasteiger partial charge in [0, 0.05) is 30.5 Å². The summed E-state index contributed by atoms with van der Waals surface area (Å²) in [5.41, 5.74) is 0.663. The first-order valence-electron chi connectivity index (χ1n) is 7.09. The quantitative estimate of drug-likeness (QED) is 0.900. The summed E-state index contributed by atoms with van der Waals surface area (Å²) in [4.78, 5) is 0. The zero-order chi connectivity index (χ0) is 14.0. The van der Waals surface area contributed by atoms with Gasteiger partial charge >= 0.3 is 0 Å². The molecule has 5 heteroatoms. The van der Waals surface area contributed by atoms with Gasteiger partial charge in [-0.1, -0.05) is 0 Å². The summed E-state index contributed by atoms with van der Waals surface area (Å²) in [6.45, 7) is 1.28. The van der Waals surface area contributed by atoms with Crippen molar-refractivity contribution >= 4 is 11.8 Å². The normalized spacial score (nSPS) is 29.9. The molecule has 0 amide bonds. The Balaban J connectivity index is 1.59. The molecule has 2 heterocycles. The Bertz CT molecular complexity index is 477. The Labute approximate surface area is 122 Å². The third kappa shape index (κ3) is 3.10. The van der Waals surface area contributed by atoms with Crippen LogP contribution in [0.2, 0.25) is 0 Å². The first-order chi connectivity index (χ1) is 9.67. The predicted octanol–water partition coefficient (Wildman–Crippen LogP) is 2.68. The van der Waals surface area contributed by atoms with Crippen molar-refractivity contribution in [1.29, 1.82) is 0 Å². The highest BCUT2D eigenvalue weighted by molar-refractivity contribution is 7.99. The van der Waals surface area contributed by atoms with E-state index >= 15 is 0 Å². The minimum absolute atomic E-state index is 0.0462. The number of hydrogen-bond donors (Lipinski definition) is 2. The van der Waals surface area contributed by atoms with E-state index in [0.717, 1.165) is 31.6 Å². The van der Waals surface area contributed by atoms with Gasteiger partial charge in [0.15, 0.2) is 0 Å². The fourth-order valence-corrected chi connectivity index (χ4v) is 4.39. The van der Waals surface area contributed by atoms with Crippen LogP contribution in [0.25, 0.3) is 0 Å². The first kappa shape index (κ1) is 14.2. The molecule has 1 spiro atoms. The molecule has 2 unspecified atom stereocenters. The molecule has 0 saturated carbocycles. The number of rotatable bonds is 3. The molecular weight excluding hydrogens is 277 g/mol. The van der Waals surface area contributed by atoms with E-state index in [9.17, 15) is 9.50 Å². The molecule has 0 aromatic heterocycles. The van der Waals surface area contributed by atoms with Crippen LogP contribution in [-0.4, -0.2) is 34.9 Å². The van der Waals surface area contributed by atoms with Crippen LogP contribution < -0.4 is 5.32 Å². The molecule has 3 rings (SSSR count). The molecule has 0 bridgehead atoms. The van der Waals surface area contributed by atoms with E-state index in [0.29, 0.717) is 18.2 Å². The highest BCUT2D eigenvalue weighted by Crippen LogP contribution is 2.38. The van der Waals surface area contributed by atoms with E-state index in [1.807, 2.05) is 11.8 Å². The van der Waals surface area contributed by atoms with E-state index in [1.54, 1.807) is 0 Å². The molecule has 0 aliphatic carbocycles. The van der Waals surface area contributed by atoms with Gasteiger partial charge in [-0.3, -0.25) is 0 Å². The van der Waals surface area contributed by atoms with Gasteiger partial charge < -0.3 is 15.2 Å². The van der Waals surface area contributed by atoms with Crippen LogP contribution in [0.4, 0.5) is 4.39 Å². The topological polar surface area (TPSA) is 41.5 Å². The van der Waals surface area contributed by atoms with Crippen molar-refractivity contribution in [3.8, 4) is 5.75 Å². The number of nitrogens with one attached hydrogen (secondary N) is 1. The van der Waals surface area contributed by atoms with E-state index in [2.05, 4.69) is 5.32 Å². The van der Waals surface area contributed by atoms with Crippen molar-refractivity contribution in [3.63, 3.8) is 0 Å². The smallest absolute Gasteiger partial charge is 0.123 e. The molecule has 2 atom stereocenters. The molecule has 2 aliphatic heterocycles. The van der Waals surface area contributed by atoms with E-state index in [1.165, 1.54) is 24.0 Å². The van der Waals surface area contributed by atoms with E-state index < -0.39 is 0 Å². The Kier molecular flexibility index (Phi) is 4.19. The number of benzene rings is 1. The molecule has 0 radical (unpaired) electrons. The molecule has 1 aromatic rings. The molecule has 3 nitrogen and oxygen atoms in total. The Morgan fingerprint density at radius 2 is 2.40 bits per heavy atom. The van der Waals surface area contributed by atoms with Crippen molar-refractivity contribution in [2.75, 3.05) is 18.1 Å². The van der Waals surface area contributed by atoms with Gasteiger partial charge in [0.2, 0.25) is 0 Å². The summed E-state index contributed by atoms with van der Waals surface area (Å²) in [6, 6.07) is 4.46. The third-order valence-corrected chi connectivity index (χ3v) is 5.41. The first-order valence-corrected chi connectivity index (χ1v) is 8.25. The number of hydrogen-bond acceptors (Lipinski definition) is 4. The van der Waals surface area contributed by atoms with Crippen molar-refractivity contribution in [1.82, 2.24) is 5.32 Å². The second-order valence-corrected chi connectivity index (χ2v) is 6.78. The fourth-order valence-electron chi connectivity index (χ4n) is 3.02. The summed E-state index contributed by atoms with van der Waals surface area (Å²) in [5, 5.41) is 13.2. The number of phenols is 1. The summed E-state index contributed by atoms with van der Waals surface area (Å²) < 4.78 is 19.2. The van der Waals surface area contributed by atoms with E-state index in [-0.39, 0.29) is 17.2 Å². The molecule has 20 heavy (non-hydrogen) atoms.